The highest BCUT2D eigenvalue weighted by atomic mass is 32.2. The van der Waals surface area contributed by atoms with Gasteiger partial charge in [0.05, 0.1) is 19.0 Å². The number of anilines is 2. The van der Waals surface area contributed by atoms with Crippen molar-refractivity contribution in [3.8, 4) is 0 Å². The number of sulfonamides is 1. The smallest absolute Gasteiger partial charge is 0.227 e. The summed E-state index contributed by atoms with van der Waals surface area (Å²) in [6.07, 6.45) is 0. The molecule has 0 bridgehead atoms. The Hall–Kier alpha value is -1.45. The molecular weight excluding hydrogens is 330 g/mol. The van der Waals surface area contributed by atoms with Crippen LogP contribution in [0.1, 0.15) is 12.6 Å². The van der Waals surface area contributed by atoms with Gasteiger partial charge in [-0.3, -0.25) is 0 Å². The molecule has 24 heavy (non-hydrogen) atoms. The van der Waals surface area contributed by atoms with Crippen LogP contribution >= 0.6 is 0 Å². The zero-order valence-corrected chi connectivity index (χ0v) is 15.1. The number of morpholine rings is 1. The minimum Gasteiger partial charge on any atom is -0.378 e. The van der Waals surface area contributed by atoms with E-state index in [4.69, 9.17) is 9.72 Å². The fraction of sp³-hybridized carbons (Fsp3) is 0.733. The summed E-state index contributed by atoms with van der Waals surface area (Å²) in [5, 5.41) is 0. The van der Waals surface area contributed by atoms with Crippen molar-refractivity contribution in [1.29, 1.82) is 0 Å². The number of hydrogen-bond acceptors (Lipinski definition) is 7. The van der Waals surface area contributed by atoms with Gasteiger partial charge in [0.1, 0.15) is 5.82 Å². The molecule has 9 heteroatoms. The van der Waals surface area contributed by atoms with E-state index < -0.39 is 10.0 Å². The maximum absolute atomic E-state index is 12.0. The van der Waals surface area contributed by atoms with Crippen LogP contribution in [0.3, 0.4) is 0 Å². The monoisotopic (exact) mass is 355 g/mol. The van der Waals surface area contributed by atoms with Crippen molar-refractivity contribution in [3.63, 3.8) is 0 Å². The Balaban J connectivity index is 1.72. The maximum atomic E-state index is 12.0. The van der Waals surface area contributed by atoms with Crippen molar-refractivity contribution in [2.75, 3.05) is 68.0 Å². The second-order valence-electron chi connectivity index (χ2n) is 6.05. The quantitative estimate of drug-likeness (QED) is 0.757. The maximum Gasteiger partial charge on any atom is 0.227 e. The SMILES string of the molecule is CCS(=O)(=O)N1CCN(c2cc(C)nc(N3CCOCC3)n2)CC1. The topological polar surface area (TPSA) is 78.9 Å². The van der Waals surface area contributed by atoms with Gasteiger partial charge in [0.25, 0.3) is 0 Å². The van der Waals surface area contributed by atoms with Crippen molar-refractivity contribution >= 4 is 21.8 Å². The van der Waals surface area contributed by atoms with Gasteiger partial charge in [0, 0.05) is 51.0 Å². The molecule has 0 N–H and O–H groups in total. The number of nitrogens with zero attached hydrogens (tertiary/aromatic N) is 5. The molecular formula is C15H25N5O3S. The first-order chi connectivity index (χ1) is 11.5. The molecule has 2 aliphatic rings. The van der Waals surface area contributed by atoms with Crippen LogP contribution in [-0.4, -0.2) is 80.9 Å². The molecule has 0 spiro atoms. The fourth-order valence-electron chi connectivity index (χ4n) is 2.98. The van der Waals surface area contributed by atoms with Gasteiger partial charge in [0.15, 0.2) is 0 Å². The Labute approximate surface area is 143 Å². The summed E-state index contributed by atoms with van der Waals surface area (Å²) in [6.45, 7) is 8.95. The predicted molar refractivity (Wildman–Crippen MR) is 93.0 cm³/mol. The Morgan fingerprint density at radius 2 is 1.71 bits per heavy atom. The van der Waals surface area contributed by atoms with Crippen LogP contribution in [0.5, 0.6) is 0 Å². The van der Waals surface area contributed by atoms with Crippen molar-refractivity contribution in [2.45, 2.75) is 13.8 Å². The third kappa shape index (κ3) is 3.79. The number of rotatable bonds is 4. The van der Waals surface area contributed by atoms with E-state index in [-0.39, 0.29) is 5.75 Å². The molecule has 134 valence electrons. The van der Waals surface area contributed by atoms with Gasteiger partial charge in [-0.05, 0) is 13.8 Å². The number of hydrogen-bond donors (Lipinski definition) is 0. The van der Waals surface area contributed by atoms with Crippen molar-refractivity contribution in [1.82, 2.24) is 14.3 Å². The Kier molecular flexibility index (Phi) is 5.21. The molecule has 1 aromatic heterocycles. The van der Waals surface area contributed by atoms with Gasteiger partial charge in [-0.15, -0.1) is 0 Å². The molecule has 0 aliphatic carbocycles. The molecule has 1 aromatic rings. The van der Waals surface area contributed by atoms with E-state index in [0.717, 1.165) is 30.5 Å². The summed E-state index contributed by atoms with van der Waals surface area (Å²) in [5.74, 6) is 1.76. The Morgan fingerprint density at radius 1 is 1.04 bits per heavy atom. The lowest BCUT2D eigenvalue weighted by Crippen LogP contribution is -2.49. The van der Waals surface area contributed by atoms with Crippen molar-refractivity contribution in [2.24, 2.45) is 0 Å². The highest BCUT2D eigenvalue weighted by Gasteiger charge is 2.26. The summed E-state index contributed by atoms with van der Waals surface area (Å²) in [6, 6.07) is 1.97. The zero-order valence-electron chi connectivity index (χ0n) is 14.3. The summed E-state index contributed by atoms with van der Waals surface area (Å²) in [4.78, 5) is 13.5. The number of aryl methyl sites for hydroxylation is 1. The van der Waals surface area contributed by atoms with Crippen LogP contribution < -0.4 is 9.80 Å². The summed E-state index contributed by atoms with van der Waals surface area (Å²) < 4.78 is 30.9. The van der Waals surface area contributed by atoms with Gasteiger partial charge in [-0.2, -0.15) is 9.29 Å². The predicted octanol–water partition coefficient (Wildman–Crippen LogP) is 0.0933. The van der Waals surface area contributed by atoms with E-state index >= 15 is 0 Å². The van der Waals surface area contributed by atoms with Crippen molar-refractivity contribution in [3.05, 3.63) is 11.8 Å². The molecule has 0 unspecified atom stereocenters. The van der Waals surface area contributed by atoms with E-state index in [1.165, 1.54) is 0 Å². The standard InChI is InChI=1S/C15H25N5O3S/c1-3-24(21,22)20-6-4-18(5-7-20)14-12-13(2)16-15(17-14)19-8-10-23-11-9-19/h12H,3-11H2,1-2H3. The van der Waals surface area contributed by atoms with E-state index in [9.17, 15) is 8.42 Å². The second-order valence-corrected chi connectivity index (χ2v) is 8.31. The van der Waals surface area contributed by atoms with E-state index in [2.05, 4.69) is 14.8 Å². The first-order valence-corrected chi connectivity index (χ1v) is 10.0. The first-order valence-electron chi connectivity index (χ1n) is 8.41. The normalized spacial score (nSPS) is 20.4. The van der Waals surface area contributed by atoms with Gasteiger partial charge in [0.2, 0.25) is 16.0 Å². The number of piperazine rings is 1. The molecule has 3 heterocycles. The van der Waals surface area contributed by atoms with Crippen LogP contribution in [0.15, 0.2) is 6.07 Å². The van der Waals surface area contributed by atoms with Crippen molar-refractivity contribution < 1.29 is 13.2 Å². The minimum absolute atomic E-state index is 0.154. The van der Waals surface area contributed by atoms with Gasteiger partial charge in [-0.25, -0.2) is 13.4 Å². The molecule has 0 aromatic carbocycles. The van der Waals surface area contributed by atoms with Gasteiger partial charge >= 0.3 is 0 Å². The molecule has 0 saturated carbocycles. The Bertz CT molecular complexity index is 668. The van der Waals surface area contributed by atoms with Gasteiger partial charge in [-0.1, -0.05) is 0 Å². The van der Waals surface area contributed by atoms with Crippen LogP contribution in [0, 0.1) is 6.92 Å². The van der Waals surface area contributed by atoms with E-state index in [1.807, 2.05) is 13.0 Å². The van der Waals surface area contributed by atoms with Crippen LogP contribution in [0.4, 0.5) is 11.8 Å². The van der Waals surface area contributed by atoms with Crippen LogP contribution in [0.2, 0.25) is 0 Å². The lowest BCUT2D eigenvalue weighted by atomic mass is 10.3. The lowest BCUT2D eigenvalue weighted by molar-refractivity contribution is 0.122. The average molecular weight is 355 g/mol. The average Bonchev–Trinajstić information content (AvgIpc) is 2.62. The zero-order chi connectivity index (χ0) is 17.2. The molecule has 0 amide bonds. The largest absolute Gasteiger partial charge is 0.378 e. The highest BCUT2D eigenvalue weighted by Crippen LogP contribution is 2.20. The fourth-order valence-corrected chi connectivity index (χ4v) is 4.07. The van der Waals surface area contributed by atoms with E-state index in [0.29, 0.717) is 39.4 Å². The number of aromatic nitrogens is 2. The van der Waals surface area contributed by atoms with E-state index in [1.54, 1.807) is 11.2 Å². The first kappa shape index (κ1) is 17.4. The molecule has 2 saturated heterocycles. The molecule has 2 aliphatic heterocycles. The third-order valence-corrected chi connectivity index (χ3v) is 6.33. The molecule has 0 radical (unpaired) electrons. The number of ether oxygens (including phenoxy) is 1. The minimum atomic E-state index is -3.11. The Morgan fingerprint density at radius 3 is 2.33 bits per heavy atom. The molecule has 3 rings (SSSR count). The molecule has 0 atom stereocenters. The lowest BCUT2D eigenvalue weighted by Gasteiger charge is -2.35. The van der Waals surface area contributed by atoms with Crippen LogP contribution in [0.25, 0.3) is 0 Å². The van der Waals surface area contributed by atoms with Crippen LogP contribution in [-0.2, 0) is 14.8 Å². The van der Waals surface area contributed by atoms with Gasteiger partial charge < -0.3 is 14.5 Å². The second kappa shape index (κ2) is 7.20. The summed E-state index contributed by atoms with van der Waals surface area (Å²) in [5.41, 5.74) is 0.921. The summed E-state index contributed by atoms with van der Waals surface area (Å²) in [7, 11) is -3.11. The molecule has 8 nitrogen and oxygen atoms in total. The summed E-state index contributed by atoms with van der Waals surface area (Å²) >= 11 is 0. The highest BCUT2D eigenvalue weighted by molar-refractivity contribution is 7.89. The third-order valence-electron chi connectivity index (χ3n) is 4.44. The molecule has 2 fully saturated rings.